The summed E-state index contributed by atoms with van der Waals surface area (Å²) in [5.41, 5.74) is 4.75. The molecule has 0 saturated heterocycles. The lowest BCUT2D eigenvalue weighted by Gasteiger charge is -2.13. The Morgan fingerprint density at radius 1 is 0.379 bits per heavy atom. The Kier molecular flexibility index (Phi) is 7.37. The Labute approximate surface area is 326 Å². The number of phenols is 8. The predicted molar refractivity (Wildman–Crippen MR) is 217 cm³/mol. The maximum Gasteiger partial charge on any atom is 0.206 e. The van der Waals surface area contributed by atoms with Gasteiger partial charge in [-0.3, -0.25) is 0 Å². The Bertz CT molecular complexity index is 3170. The molecule has 282 valence electrons. The normalized spacial score (nSPS) is 11.7. The third-order valence-electron chi connectivity index (χ3n) is 10.3. The number of hydrogen-bond acceptors (Lipinski definition) is 12. The average molecular weight is 769 g/mol. The van der Waals surface area contributed by atoms with Gasteiger partial charge in [0.25, 0.3) is 0 Å². The van der Waals surface area contributed by atoms with E-state index in [-0.39, 0.29) is 16.7 Å². The van der Waals surface area contributed by atoms with Gasteiger partial charge in [0.2, 0.25) is 23.0 Å². The van der Waals surface area contributed by atoms with Gasteiger partial charge in [-0.15, -0.1) is 0 Å². The zero-order valence-electron chi connectivity index (χ0n) is 29.8. The highest BCUT2D eigenvalue weighted by atomic mass is 16.4. The van der Waals surface area contributed by atoms with E-state index in [0.717, 1.165) is 43.2 Å². The predicted octanol–water partition coefficient (Wildman–Crippen LogP) is 9.18. The van der Waals surface area contributed by atoms with Crippen LogP contribution in [0.1, 0.15) is 0 Å². The standard InChI is InChI=1S/C45H28N4O9/c50-35-31-32-34(38(53)42(57)40(55)36(32)51)49(33(31)37(52)41(56)39(35)54)25-17-14-21(15-18-25)24-16-19-28-27(20-24)30-26(12-7-13-29(30)58-28)45-47-43(22-8-3-1-4-9-22)46-44(48-45)23-10-5-2-6-11-23/h1-20,50-57H. The van der Waals surface area contributed by atoms with Crippen LogP contribution in [0.25, 0.3) is 94.7 Å². The zero-order chi connectivity index (χ0) is 40.0. The molecular formula is C45H28N4O9. The minimum Gasteiger partial charge on any atom is -0.504 e. The molecule has 13 heteroatoms. The highest BCUT2D eigenvalue weighted by molar-refractivity contribution is 6.21. The summed E-state index contributed by atoms with van der Waals surface area (Å²) in [5, 5.41) is 86.2. The van der Waals surface area contributed by atoms with E-state index >= 15 is 0 Å². The van der Waals surface area contributed by atoms with Crippen molar-refractivity contribution in [2.24, 2.45) is 0 Å². The number of aromatic nitrogens is 4. The van der Waals surface area contributed by atoms with E-state index in [1.807, 2.05) is 97.1 Å². The molecule has 10 rings (SSSR count). The number of fused-ring (bicyclic) bond motifs is 6. The van der Waals surface area contributed by atoms with E-state index in [1.165, 1.54) is 0 Å². The number of phenolic OH excluding ortho intramolecular Hbond substituents is 8. The summed E-state index contributed by atoms with van der Waals surface area (Å²) in [6.45, 7) is 0. The third-order valence-corrected chi connectivity index (χ3v) is 10.3. The number of nitrogens with zero attached hydrogens (tertiary/aromatic N) is 4. The number of furan rings is 1. The first kappa shape index (κ1) is 34.1. The lowest BCUT2D eigenvalue weighted by molar-refractivity contribution is 0.350. The van der Waals surface area contributed by atoms with Gasteiger partial charge in [-0.25, -0.2) is 15.0 Å². The summed E-state index contributed by atoms with van der Waals surface area (Å²) in [5.74, 6) is -6.53. The smallest absolute Gasteiger partial charge is 0.206 e. The molecule has 0 fully saturated rings. The number of hydrogen-bond donors (Lipinski definition) is 8. The molecule has 0 spiro atoms. The molecule has 3 heterocycles. The van der Waals surface area contributed by atoms with Crippen molar-refractivity contribution in [3.63, 3.8) is 0 Å². The molecule has 0 saturated carbocycles. The molecule has 0 aliphatic heterocycles. The molecule has 0 atom stereocenters. The highest BCUT2D eigenvalue weighted by Gasteiger charge is 2.32. The monoisotopic (exact) mass is 768 g/mol. The van der Waals surface area contributed by atoms with Crippen LogP contribution >= 0.6 is 0 Å². The van der Waals surface area contributed by atoms with Gasteiger partial charge in [-0.1, -0.05) is 91.0 Å². The van der Waals surface area contributed by atoms with Gasteiger partial charge in [0.1, 0.15) is 22.2 Å². The first-order valence-electron chi connectivity index (χ1n) is 17.8. The first-order chi connectivity index (χ1) is 28.1. The third kappa shape index (κ3) is 4.93. The van der Waals surface area contributed by atoms with Crippen LogP contribution in [-0.2, 0) is 0 Å². The van der Waals surface area contributed by atoms with Gasteiger partial charge in [0, 0.05) is 33.2 Å². The molecule has 0 amide bonds. The van der Waals surface area contributed by atoms with Crippen molar-refractivity contribution in [3.05, 3.63) is 121 Å². The molecular weight excluding hydrogens is 741 g/mol. The summed E-state index contributed by atoms with van der Waals surface area (Å²) in [6.07, 6.45) is 0. The molecule has 0 radical (unpaired) electrons. The second-order valence-electron chi connectivity index (χ2n) is 13.6. The van der Waals surface area contributed by atoms with E-state index in [0.29, 0.717) is 28.6 Å². The molecule has 0 aliphatic rings. The Morgan fingerprint density at radius 2 is 0.879 bits per heavy atom. The number of rotatable bonds is 5. The van der Waals surface area contributed by atoms with Gasteiger partial charge < -0.3 is 49.8 Å². The molecule has 58 heavy (non-hydrogen) atoms. The number of benzene rings is 7. The van der Waals surface area contributed by atoms with Crippen molar-refractivity contribution in [2.45, 2.75) is 0 Å². The highest BCUT2D eigenvalue weighted by Crippen LogP contribution is 2.59. The van der Waals surface area contributed by atoms with Crippen LogP contribution in [-0.4, -0.2) is 60.4 Å². The van der Waals surface area contributed by atoms with Gasteiger partial charge in [-0.05, 0) is 41.5 Å². The van der Waals surface area contributed by atoms with E-state index in [4.69, 9.17) is 19.4 Å². The fraction of sp³-hybridized carbons (Fsp3) is 0. The second-order valence-corrected chi connectivity index (χ2v) is 13.6. The van der Waals surface area contributed by atoms with Gasteiger partial charge in [0.05, 0.1) is 10.8 Å². The van der Waals surface area contributed by atoms with Crippen LogP contribution in [0, 0.1) is 0 Å². The van der Waals surface area contributed by atoms with Crippen molar-refractivity contribution in [3.8, 4) is 97.0 Å². The Hall–Kier alpha value is -8.45. The zero-order valence-corrected chi connectivity index (χ0v) is 29.8. The van der Waals surface area contributed by atoms with E-state index in [2.05, 4.69) is 0 Å². The maximum atomic E-state index is 11.0. The van der Waals surface area contributed by atoms with E-state index < -0.39 is 56.8 Å². The van der Waals surface area contributed by atoms with Crippen LogP contribution in [0.2, 0.25) is 0 Å². The fourth-order valence-electron chi connectivity index (χ4n) is 7.57. The summed E-state index contributed by atoms with van der Waals surface area (Å²) < 4.78 is 7.49. The summed E-state index contributed by atoms with van der Waals surface area (Å²) in [4.78, 5) is 14.7. The summed E-state index contributed by atoms with van der Waals surface area (Å²) in [7, 11) is 0. The maximum absolute atomic E-state index is 11.0. The second kappa shape index (κ2) is 12.5. The minimum atomic E-state index is -1.10. The Morgan fingerprint density at radius 3 is 1.43 bits per heavy atom. The van der Waals surface area contributed by atoms with Gasteiger partial charge in [-0.2, -0.15) is 0 Å². The lowest BCUT2D eigenvalue weighted by atomic mass is 10.00. The topological polar surface area (TPSA) is 219 Å². The van der Waals surface area contributed by atoms with Crippen LogP contribution in [0.15, 0.2) is 126 Å². The molecule has 13 nitrogen and oxygen atoms in total. The molecule has 0 unspecified atom stereocenters. The van der Waals surface area contributed by atoms with Crippen LogP contribution in [0.5, 0.6) is 46.0 Å². The van der Waals surface area contributed by atoms with Crippen molar-refractivity contribution < 1.29 is 45.3 Å². The quantitative estimate of drug-likeness (QED) is 0.0607. The minimum absolute atomic E-state index is 0.235. The van der Waals surface area contributed by atoms with E-state index in [1.54, 1.807) is 24.3 Å². The number of aromatic hydroxyl groups is 8. The van der Waals surface area contributed by atoms with Crippen LogP contribution in [0.4, 0.5) is 0 Å². The van der Waals surface area contributed by atoms with Crippen LogP contribution < -0.4 is 0 Å². The van der Waals surface area contributed by atoms with Gasteiger partial charge >= 0.3 is 0 Å². The largest absolute Gasteiger partial charge is 0.504 e. The SMILES string of the molecule is Oc1c(O)c(O)c2c(c1O)c1c(O)c(O)c(O)c(O)c1n2-c1ccc(-c2ccc3oc4cccc(-c5nc(-c6ccccc6)nc(-c6ccccc6)n5)c4c3c2)cc1. The lowest BCUT2D eigenvalue weighted by Crippen LogP contribution is -2.00. The van der Waals surface area contributed by atoms with Crippen molar-refractivity contribution in [1.29, 1.82) is 0 Å². The first-order valence-corrected chi connectivity index (χ1v) is 17.8. The average Bonchev–Trinajstić information content (AvgIpc) is 3.83. The molecule has 0 bridgehead atoms. The summed E-state index contributed by atoms with van der Waals surface area (Å²) >= 11 is 0. The van der Waals surface area contributed by atoms with Crippen molar-refractivity contribution >= 4 is 43.7 Å². The summed E-state index contributed by atoms with van der Waals surface area (Å²) in [6, 6.07) is 37.5. The Balaban J connectivity index is 1.14. The van der Waals surface area contributed by atoms with Crippen molar-refractivity contribution in [2.75, 3.05) is 0 Å². The molecule has 8 N–H and O–H groups in total. The van der Waals surface area contributed by atoms with E-state index in [9.17, 15) is 40.9 Å². The van der Waals surface area contributed by atoms with Gasteiger partial charge in [0.15, 0.2) is 40.5 Å². The molecule has 7 aromatic carbocycles. The van der Waals surface area contributed by atoms with Crippen LogP contribution in [0.3, 0.4) is 0 Å². The molecule has 3 aromatic heterocycles. The van der Waals surface area contributed by atoms with Crippen molar-refractivity contribution in [1.82, 2.24) is 19.5 Å². The molecule has 10 aromatic rings. The fourth-order valence-corrected chi connectivity index (χ4v) is 7.57. The molecule has 0 aliphatic carbocycles.